The van der Waals surface area contributed by atoms with Gasteiger partial charge in [0.25, 0.3) is 0 Å². The number of hydrogen-bond acceptors (Lipinski definition) is 4. The Hall–Kier alpha value is -2.86. The quantitative estimate of drug-likeness (QED) is 0.589. The van der Waals surface area contributed by atoms with Crippen molar-refractivity contribution < 1.29 is 19.4 Å². The number of anilines is 1. The molecule has 0 aromatic heterocycles. The largest absolute Gasteiger partial charge is 0.481 e. The zero-order valence-corrected chi connectivity index (χ0v) is 19.1. The average molecular weight is 449 g/mol. The lowest BCUT2D eigenvalue weighted by Crippen LogP contribution is -2.64. The first kappa shape index (κ1) is 22.0. The summed E-state index contributed by atoms with van der Waals surface area (Å²) in [7, 11) is 0. The van der Waals surface area contributed by atoms with Gasteiger partial charge >= 0.3 is 12.1 Å². The van der Waals surface area contributed by atoms with E-state index < -0.39 is 5.97 Å². The average Bonchev–Trinajstić information content (AvgIpc) is 3.63. The Morgan fingerprint density at radius 3 is 2.52 bits per heavy atom. The maximum absolute atomic E-state index is 13.4. The maximum atomic E-state index is 13.4. The van der Waals surface area contributed by atoms with Crippen LogP contribution >= 0.6 is 0 Å². The summed E-state index contributed by atoms with van der Waals surface area (Å²) in [6.45, 7) is 2.51. The summed E-state index contributed by atoms with van der Waals surface area (Å²) in [5, 5.41) is 13.1. The van der Waals surface area contributed by atoms with E-state index in [1.165, 1.54) is 0 Å². The number of fused-ring (bicyclic) bond motifs is 2. The first-order valence-corrected chi connectivity index (χ1v) is 12.0. The van der Waals surface area contributed by atoms with Crippen LogP contribution in [0.25, 0.3) is 0 Å². The molecule has 2 aliphatic carbocycles. The Bertz CT molecular complexity index is 1020. The summed E-state index contributed by atoms with van der Waals surface area (Å²) >= 11 is 0. The minimum absolute atomic E-state index is 0.0500. The van der Waals surface area contributed by atoms with Gasteiger partial charge < -0.3 is 15.2 Å². The number of aliphatic carboxylic acids is 1. The van der Waals surface area contributed by atoms with Crippen molar-refractivity contribution in [3.05, 3.63) is 65.7 Å². The fourth-order valence-corrected chi connectivity index (χ4v) is 5.88. The fourth-order valence-electron chi connectivity index (χ4n) is 5.88. The molecule has 1 heterocycles. The first-order valence-electron chi connectivity index (χ1n) is 12.0. The molecule has 174 valence electrons. The van der Waals surface area contributed by atoms with E-state index in [1.54, 1.807) is 0 Å². The van der Waals surface area contributed by atoms with Gasteiger partial charge in [-0.25, -0.2) is 4.79 Å². The van der Waals surface area contributed by atoms with Crippen LogP contribution in [0.4, 0.5) is 10.5 Å². The number of carboxylic acids is 1. The number of nitrogens with one attached hydrogen (secondary N) is 1. The standard InChI is InChI=1S/C27H32N2O4/c1-27-16-15-23(27)29(26(32)33-17-18-7-3-2-4-8-18)22-10-6-5-9-20(22)25(27)21(13-14-24(30)31)28-19-11-12-19/h2-10,19,21,23,25,28H,11-17H2,1H3,(H,30,31). The SMILES string of the molecule is CC12CCC1N(C(=O)OCc1ccccc1)c1ccccc1C2C(CCC(=O)O)NC1CC1. The van der Waals surface area contributed by atoms with Crippen LogP contribution < -0.4 is 10.2 Å². The number of para-hydroxylation sites is 1. The van der Waals surface area contributed by atoms with E-state index in [0.29, 0.717) is 12.5 Å². The third kappa shape index (κ3) is 4.24. The van der Waals surface area contributed by atoms with Crippen LogP contribution in [-0.2, 0) is 16.1 Å². The molecular formula is C27H32N2O4. The second-order valence-electron chi connectivity index (χ2n) is 9.99. The van der Waals surface area contributed by atoms with E-state index >= 15 is 0 Å². The molecule has 2 fully saturated rings. The molecule has 2 aromatic carbocycles. The van der Waals surface area contributed by atoms with E-state index in [1.807, 2.05) is 53.4 Å². The zero-order valence-electron chi connectivity index (χ0n) is 19.1. The van der Waals surface area contributed by atoms with E-state index in [2.05, 4.69) is 18.3 Å². The number of benzene rings is 2. The Kier molecular flexibility index (Phi) is 5.87. The summed E-state index contributed by atoms with van der Waals surface area (Å²) < 4.78 is 5.76. The molecule has 6 nitrogen and oxygen atoms in total. The monoisotopic (exact) mass is 448 g/mol. The van der Waals surface area contributed by atoms with Crippen LogP contribution in [0, 0.1) is 5.41 Å². The van der Waals surface area contributed by atoms with Crippen molar-refractivity contribution >= 4 is 17.7 Å². The van der Waals surface area contributed by atoms with Crippen LogP contribution in [-0.4, -0.2) is 35.3 Å². The summed E-state index contributed by atoms with van der Waals surface area (Å²) in [4.78, 5) is 26.6. The van der Waals surface area contributed by atoms with Gasteiger partial charge in [0.15, 0.2) is 0 Å². The Labute approximate surface area is 194 Å². The molecule has 0 radical (unpaired) electrons. The molecule has 5 rings (SSSR count). The van der Waals surface area contributed by atoms with Gasteiger partial charge in [0, 0.05) is 30.5 Å². The molecule has 1 amide bonds. The van der Waals surface area contributed by atoms with Crippen LogP contribution in [0.3, 0.4) is 0 Å². The van der Waals surface area contributed by atoms with Crippen molar-refractivity contribution in [3.63, 3.8) is 0 Å². The van der Waals surface area contributed by atoms with Crippen LogP contribution in [0.2, 0.25) is 0 Å². The normalized spacial score (nSPS) is 26.5. The molecule has 4 unspecified atom stereocenters. The van der Waals surface area contributed by atoms with Gasteiger partial charge in [0.05, 0.1) is 5.69 Å². The third-order valence-corrected chi connectivity index (χ3v) is 7.77. The van der Waals surface area contributed by atoms with Crippen molar-refractivity contribution in [2.75, 3.05) is 4.90 Å². The molecule has 0 spiro atoms. The number of amides is 1. The highest BCUT2D eigenvalue weighted by atomic mass is 16.6. The molecule has 2 N–H and O–H groups in total. The minimum Gasteiger partial charge on any atom is -0.481 e. The molecule has 3 aliphatic rings. The zero-order chi connectivity index (χ0) is 23.0. The first-order chi connectivity index (χ1) is 16.0. The number of ether oxygens (including phenoxy) is 1. The number of carboxylic acid groups (broad SMARTS) is 1. The van der Waals surface area contributed by atoms with E-state index in [-0.39, 0.29) is 42.5 Å². The van der Waals surface area contributed by atoms with Crippen LogP contribution in [0.5, 0.6) is 0 Å². The predicted octanol–water partition coefficient (Wildman–Crippen LogP) is 5.08. The van der Waals surface area contributed by atoms with Crippen molar-refractivity contribution in [2.45, 2.75) is 76.1 Å². The molecule has 6 heteroatoms. The van der Waals surface area contributed by atoms with Crippen LogP contribution in [0.15, 0.2) is 54.6 Å². The highest BCUT2D eigenvalue weighted by Crippen LogP contribution is 2.61. The Balaban J connectivity index is 1.45. The molecule has 0 saturated heterocycles. The van der Waals surface area contributed by atoms with Gasteiger partial charge in [-0.1, -0.05) is 55.5 Å². The summed E-state index contributed by atoms with van der Waals surface area (Å²) in [6.07, 6.45) is 4.66. The molecule has 33 heavy (non-hydrogen) atoms. The lowest BCUT2D eigenvalue weighted by Gasteiger charge is -2.61. The lowest BCUT2D eigenvalue weighted by molar-refractivity contribution is -0.137. The minimum atomic E-state index is -0.761. The smallest absolute Gasteiger partial charge is 0.414 e. The summed E-state index contributed by atoms with van der Waals surface area (Å²) in [6, 6.07) is 18.5. The van der Waals surface area contributed by atoms with Crippen molar-refractivity contribution in [1.29, 1.82) is 0 Å². The molecule has 1 aliphatic heterocycles. The van der Waals surface area contributed by atoms with Gasteiger partial charge in [-0.2, -0.15) is 0 Å². The van der Waals surface area contributed by atoms with E-state index in [9.17, 15) is 14.7 Å². The van der Waals surface area contributed by atoms with Gasteiger partial charge in [0.1, 0.15) is 6.61 Å². The number of carbonyl (C=O) groups is 2. The van der Waals surface area contributed by atoms with Gasteiger partial charge in [-0.3, -0.25) is 9.69 Å². The molecule has 4 atom stereocenters. The van der Waals surface area contributed by atoms with Gasteiger partial charge in [-0.05, 0) is 54.7 Å². The second kappa shape index (κ2) is 8.82. The predicted molar refractivity (Wildman–Crippen MR) is 126 cm³/mol. The van der Waals surface area contributed by atoms with Crippen molar-refractivity contribution in [3.8, 4) is 0 Å². The maximum Gasteiger partial charge on any atom is 0.414 e. The molecule has 2 aromatic rings. The highest BCUT2D eigenvalue weighted by molar-refractivity contribution is 5.91. The highest BCUT2D eigenvalue weighted by Gasteiger charge is 2.59. The lowest BCUT2D eigenvalue weighted by atomic mass is 9.52. The third-order valence-electron chi connectivity index (χ3n) is 7.77. The fraction of sp³-hybridized carbons (Fsp3) is 0.481. The summed E-state index contributed by atoms with van der Waals surface area (Å²) in [5.74, 6) is -0.603. The Morgan fingerprint density at radius 2 is 1.85 bits per heavy atom. The number of carbonyl (C=O) groups excluding carboxylic acids is 1. The van der Waals surface area contributed by atoms with Crippen LogP contribution in [0.1, 0.15) is 62.5 Å². The summed E-state index contributed by atoms with van der Waals surface area (Å²) in [5.41, 5.74) is 2.87. The topological polar surface area (TPSA) is 78.9 Å². The van der Waals surface area contributed by atoms with Crippen molar-refractivity contribution in [1.82, 2.24) is 5.32 Å². The van der Waals surface area contributed by atoms with Gasteiger partial charge in [0.2, 0.25) is 0 Å². The second-order valence-corrected chi connectivity index (χ2v) is 9.99. The molecular weight excluding hydrogens is 416 g/mol. The van der Waals surface area contributed by atoms with Crippen molar-refractivity contribution in [2.24, 2.45) is 5.41 Å². The van der Waals surface area contributed by atoms with E-state index in [4.69, 9.17) is 4.74 Å². The Morgan fingerprint density at radius 1 is 1.12 bits per heavy atom. The molecule has 2 saturated carbocycles. The molecule has 0 bridgehead atoms. The van der Waals surface area contributed by atoms with E-state index in [0.717, 1.165) is 42.5 Å². The number of rotatable bonds is 8. The number of nitrogens with zero attached hydrogens (tertiary/aromatic N) is 1. The number of hydrogen-bond donors (Lipinski definition) is 2. The van der Waals surface area contributed by atoms with Gasteiger partial charge in [-0.15, -0.1) is 0 Å².